The Morgan fingerprint density at radius 2 is 1.84 bits per heavy atom. The second kappa shape index (κ2) is 12.5. The van der Waals surface area contributed by atoms with Gasteiger partial charge in [-0.2, -0.15) is 0 Å². The number of nitrogens with zero attached hydrogens (tertiary/aromatic N) is 3. The molecule has 0 aliphatic heterocycles. The monoisotopic (exact) mass is 550 g/mol. The number of carbonyl (C=O) groups excluding carboxylic acids is 3. The number of methoxy groups -OCH3 is 2. The molecule has 1 heterocycles. The molecule has 1 atom stereocenters. The van der Waals surface area contributed by atoms with Gasteiger partial charge in [-0.25, -0.2) is 14.0 Å². The quantitative estimate of drug-likeness (QED) is 0.286. The molecular weight excluding hydrogens is 527 g/mol. The van der Waals surface area contributed by atoms with Gasteiger partial charge in [-0.1, -0.05) is 23.4 Å². The summed E-state index contributed by atoms with van der Waals surface area (Å²) in [7, 11) is 2.44. The number of aromatic nitrogens is 3. The summed E-state index contributed by atoms with van der Waals surface area (Å²) in [6.45, 7) is 4.12. The van der Waals surface area contributed by atoms with Gasteiger partial charge in [-0.15, -0.1) is 10.2 Å². The number of halogens is 2. The molecular formula is C24H24ClFN4O6S. The van der Waals surface area contributed by atoms with E-state index in [0.29, 0.717) is 23.3 Å². The second-order valence-electron chi connectivity index (χ2n) is 7.50. The highest BCUT2D eigenvalue weighted by Crippen LogP contribution is 2.30. The van der Waals surface area contributed by atoms with E-state index < -0.39 is 29.8 Å². The first-order valence-electron chi connectivity index (χ1n) is 11.0. The fraction of sp³-hybridized carbons (Fsp3) is 0.292. The molecule has 37 heavy (non-hydrogen) atoms. The topological polar surface area (TPSA) is 122 Å². The maximum atomic E-state index is 13.3. The van der Waals surface area contributed by atoms with Gasteiger partial charge in [0.15, 0.2) is 17.1 Å². The van der Waals surface area contributed by atoms with Crippen molar-refractivity contribution in [3.63, 3.8) is 0 Å². The Kier molecular flexibility index (Phi) is 9.48. The van der Waals surface area contributed by atoms with Crippen LogP contribution in [0.1, 0.15) is 46.5 Å². The predicted octanol–water partition coefficient (Wildman–Crippen LogP) is 4.53. The van der Waals surface area contributed by atoms with Gasteiger partial charge in [0.2, 0.25) is 5.91 Å². The lowest BCUT2D eigenvalue weighted by Gasteiger charge is -2.16. The van der Waals surface area contributed by atoms with E-state index in [1.165, 1.54) is 44.6 Å². The number of nitrogens with one attached hydrogen (secondary N) is 1. The zero-order valence-corrected chi connectivity index (χ0v) is 22.0. The summed E-state index contributed by atoms with van der Waals surface area (Å²) in [6.07, 6.45) is -0.567. The first-order chi connectivity index (χ1) is 17.7. The standard InChI is InChI=1S/C24H24ClFN4O6S/c1-5-30-21(13(2)36-19-9-7-15(26)11-17(19)25)28-29-24(30)37-12-20(31)27-18-10-14(22(32)34-3)6-8-16(18)23(33)35-4/h6-11,13H,5,12H2,1-4H3,(H,27,31). The third-order valence-corrected chi connectivity index (χ3v) is 6.34. The van der Waals surface area contributed by atoms with Crippen molar-refractivity contribution in [2.45, 2.75) is 31.7 Å². The van der Waals surface area contributed by atoms with Crippen molar-refractivity contribution in [2.24, 2.45) is 0 Å². The van der Waals surface area contributed by atoms with Gasteiger partial charge >= 0.3 is 11.9 Å². The zero-order valence-electron chi connectivity index (χ0n) is 20.4. The summed E-state index contributed by atoms with van der Waals surface area (Å²) in [4.78, 5) is 36.7. The molecule has 10 nitrogen and oxygen atoms in total. The first kappa shape index (κ1) is 27.9. The van der Waals surface area contributed by atoms with Gasteiger partial charge < -0.3 is 24.1 Å². The summed E-state index contributed by atoms with van der Waals surface area (Å²) in [6, 6.07) is 7.93. The van der Waals surface area contributed by atoms with Crippen LogP contribution in [0.25, 0.3) is 0 Å². The smallest absolute Gasteiger partial charge is 0.339 e. The van der Waals surface area contributed by atoms with Crippen LogP contribution in [0.2, 0.25) is 5.02 Å². The van der Waals surface area contributed by atoms with E-state index in [1.54, 1.807) is 11.5 Å². The van der Waals surface area contributed by atoms with Crippen LogP contribution in [0.4, 0.5) is 10.1 Å². The van der Waals surface area contributed by atoms with E-state index in [0.717, 1.165) is 17.8 Å². The van der Waals surface area contributed by atoms with Crippen molar-refractivity contribution in [2.75, 3.05) is 25.3 Å². The van der Waals surface area contributed by atoms with Gasteiger partial charge in [0.1, 0.15) is 11.6 Å². The molecule has 0 aliphatic carbocycles. The molecule has 13 heteroatoms. The maximum Gasteiger partial charge on any atom is 0.339 e. The highest BCUT2D eigenvalue weighted by atomic mass is 35.5. The van der Waals surface area contributed by atoms with Crippen molar-refractivity contribution in [3.8, 4) is 5.75 Å². The molecule has 0 bridgehead atoms. The van der Waals surface area contributed by atoms with Gasteiger partial charge in [-0.3, -0.25) is 4.79 Å². The number of thioether (sulfide) groups is 1. The molecule has 3 rings (SSSR count). The molecule has 196 valence electrons. The van der Waals surface area contributed by atoms with Crippen molar-refractivity contribution in [3.05, 3.63) is 64.2 Å². The second-order valence-corrected chi connectivity index (χ2v) is 8.85. The number of rotatable bonds is 10. The van der Waals surface area contributed by atoms with Crippen LogP contribution in [0.15, 0.2) is 41.6 Å². The maximum absolute atomic E-state index is 13.3. The first-order valence-corrected chi connectivity index (χ1v) is 12.3. The SMILES string of the molecule is CCn1c(SCC(=O)Nc2cc(C(=O)OC)ccc2C(=O)OC)nnc1C(C)Oc1ccc(F)cc1Cl. The van der Waals surface area contributed by atoms with E-state index in [2.05, 4.69) is 15.5 Å². The number of hydrogen-bond donors (Lipinski definition) is 1. The van der Waals surface area contributed by atoms with Crippen LogP contribution in [-0.2, 0) is 20.8 Å². The fourth-order valence-electron chi connectivity index (χ4n) is 3.32. The van der Waals surface area contributed by atoms with Gasteiger partial charge in [0.25, 0.3) is 0 Å². The van der Waals surface area contributed by atoms with Crippen LogP contribution < -0.4 is 10.1 Å². The molecule has 3 aromatic rings. The van der Waals surface area contributed by atoms with E-state index in [9.17, 15) is 18.8 Å². The number of esters is 2. The summed E-state index contributed by atoms with van der Waals surface area (Å²) < 4.78 is 30.4. The van der Waals surface area contributed by atoms with Crippen LogP contribution in [0, 0.1) is 5.82 Å². The predicted molar refractivity (Wildman–Crippen MR) is 135 cm³/mol. The molecule has 2 aromatic carbocycles. The van der Waals surface area contributed by atoms with Crippen molar-refractivity contribution in [1.29, 1.82) is 0 Å². The van der Waals surface area contributed by atoms with E-state index in [-0.39, 0.29) is 27.6 Å². The number of anilines is 1. The van der Waals surface area contributed by atoms with Crippen molar-refractivity contribution in [1.82, 2.24) is 14.8 Å². The number of amides is 1. The fourth-order valence-corrected chi connectivity index (χ4v) is 4.34. The summed E-state index contributed by atoms with van der Waals surface area (Å²) in [5.41, 5.74) is 0.345. The Morgan fingerprint density at radius 1 is 1.11 bits per heavy atom. The number of ether oxygens (including phenoxy) is 3. The molecule has 0 fully saturated rings. The van der Waals surface area contributed by atoms with Gasteiger partial charge in [-0.05, 0) is 50.2 Å². The van der Waals surface area contributed by atoms with Crippen LogP contribution in [0.5, 0.6) is 5.75 Å². The highest BCUT2D eigenvalue weighted by Gasteiger charge is 2.22. The summed E-state index contributed by atoms with van der Waals surface area (Å²) in [5.74, 6) is -1.51. The van der Waals surface area contributed by atoms with Crippen LogP contribution >= 0.6 is 23.4 Å². The molecule has 0 saturated carbocycles. The molecule has 1 unspecified atom stereocenters. The highest BCUT2D eigenvalue weighted by molar-refractivity contribution is 7.99. The van der Waals surface area contributed by atoms with Crippen molar-refractivity contribution >= 4 is 46.9 Å². The Hall–Kier alpha value is -3.64. The van der Waals surface area contributed by atoms with Crippen LogP contribution in [0.3, 0.4) is 0 Å². The Labute approximate surface area is 221 Å². The Morgan fingerprint density at radius 3 is 2.49 bits per heavy atom. The minimum Gasteiger partial charge on any atom is -0.481 e. The summed E-state index contributed by atoms with van der Waals surface area (Å²) in [5, 5.41) is 11.6. The average Bonchev–Trinajstić information content (AvgIpc) is 3.31. The van der Waals surface area contributed by atoms with E-state index >= 15 is 0 Å². The minimum absolute atomic E-state index is 0.0692. The largest absolute Gasteiger partial charge is 0.481 e. The third-order valence-electron chi connectivity index (χ3n) is 5.08. The summed E-state index contributed by atoms with van der Waals surface area (Å²) >= 11 is 7.18. The molecule has 0 saturated heterocycles. The number of benzene rings is 2. The molecule has 0 spiro atoms. The lowest BCUT2D eigenvalue weighted by atomic mass is 10.1. The molecule has 1 aromatic heterocycles. The molecule has 0 aliphatic rings. The molecule has 1 amide bonds. The number of carbonyl (C=O) groups is 3. The third kappa shape index (κ3) is 6.77. The lowest BCUT2D eigenvalue weighted by Crippen LogP contribution is -2.18. The normalized spacial score (nSPS) is 11.5. The molecule has 0 radical (unpaired) electrons. The van der Waals surface area contributed by atoms with Gasteiger partial charge in [0.05, 0.1) is 41.8 Å². The van der Waals surface area contributed by atoms with E-state index in [1.807, 2.05) is 6.92 Å². The number of hydrogen-bond acceptors (Lipinski definition) is 9. The lowest BCUT2D eigenvalue weighted by molar-refractivity contribution is -0.113. The average molecular weight is 551 g/mol. The van der Waals surface area contributed by atoms with E-state index in [4.69, 9.17) is 25.8 Å². The van der Waals surface area contributed by atoms with Crippen molar-refractivity contribution < 1.29 is 33.0 Å². The Balaban J connectivity index is 1.72. The molecule has 1 N–H and O–H groups in total. The van der Waals surface area contributed by atoms with Gasteiger partial charge in [0, 0.05) is 6.54 Å². The van der Waals surface area contributed by atoms with Crippen LogP contribution in [-0.4, -0.2) is 52.6 Å². The Bertz CT molecular complexity index is 1320. The zero-order chi connectivity index (χ0) is 27.1. The minimum atomic E-state index is -0.676.